The Labute approximate surface area is 121 Å². The number of methoxy groups -OCH3 is 2. The van der Waals surface area contributed by atoms with Crippen molar-refractivity contribution >= 4 is 17.0 Å². The molecule has 2 aromatic carbocycles. The van der Waals surface area contributed by atoms with Gasteiger partial charge < -0.3 is 15.2 Å². The van der Waals surface area contributed by atoms with Gasteiger partial charge in [0, 0.05) is 0 Å². The predicted octanol–water partition coefficient (Wildman–Crippen LogP) is 2.29. The molecule has 106 valence electrons. The van der Waals surface area contributed by atoms with E-state index in [0.717, 1.165) is 22.6 Å². The molecule has 6 nitrogen and oxygen atoms in total. The number of aromatic nitrogens is 3. The number of nitrogens with two attached hydrogens (primary N) is 1. The van der Waals surface area contributed by atoms with Crippen molar-refractivity contribution in [2.24, 2.45) is 0 Å². The summed E-state index contributed by atoms with van der Waals surface area (Å²) in [4.78, 5) is 4.14. The standard InChI is InChI=1S/C15H14N4O2/c1-20-12-4-3-5-13(21-2)14(12)9-6-7-10-11(8-9)18-19-15(16)17-10/h3-8H,1-2H3,(H2,16,17,19). The van der Waals surface area contributed by atoms with E-state index in [1.165, 1.54) is 0 Å². The molecule has 3 aromatic rings. The minimum absolute atomic E-state index is 0.158. The van der Waals surface area contributed by atoms with E-state index in [0.29, 0.717) is 11.0 Å². The number of rotatable bonds is 3. The van der Waals surface area contributed by atoms with Crippen molar-refractivity contribution in [3.8, 4) is 22.6 Å². The highest BCUT2D eigenvalue weighted by molar-refractivity contribution is 5.85. The summed E-state index contributed by atoms with van der Waals surface area (Å²) in [6.45, 7) is 0. The van der Waals surface area contributed by atoms with Crippen LogP contribution in [0, 0.1) is 0 Å². The molecule has 0 fully saturated rings. The number of benzene rings is 2. The van der Waals surface area contributed by atoms with Crippen LogP contribution in [0.25, 0.3) is 22.2 Å². The van der Waals surface area contributed by atoms with Gasteiger partial charge >= 0.3 is 0 Å². The van der Waals surface area contributed by atoms with Crippen molar-refractivity contribution < 1.29 is 9.47 Å². The van der Waals surface area contributed by atoms with Gasteiger partial charge in [0.05, 0.1) is 25.3 Å². The van der Waals surface area contributed by atoms with E-state index >= 15 is 0 Å². The molecule has 0 bridgehead atoms. The van der Waals surface area contributed by atoms with Crippen molar-refractivity contribution in [3.63, 3.8) is 0 Å². The summed E-state index contributed by atoms with van der Waals surface area (Å²) < 4.78 is 10.8. The van der Waals surface area contributed by atoms with Crippen LogP contribution in [-0.2, 0) is 0 Å². The molecule has 1 aromatic heterocycles. The van der Waals surface area contributed by atoms with E-state index in [2.05, 4.69) is 15.2 Å². The smallest absolute Gasteiger partial charge is 0.240 e. The van der Waals surface area contributed by atoms with Crippen molar-refractivity contribution in [3.05, 3.63) is 36.4 Å². The molecule has 0 saturated carbocycles. The van der Waals surface area contributed by atoms with Gasteiger partial charge in [-0.25, -0.2) is 4.98 Å². The summed E-state index contributed by atoms with van der Waals surface area (Å²) >= 11 is 0. The van der Waals surface area contributed by atoms with E-state index in [1.54, 1.807) is 14.2 Å². The number of ether oxygens (including phenoxy) is 2. The SMILES string of the molecule is COc1cccc(OC)c1-c1ccc2nc(N)nnc2c1. The number of hydrogen-bond donors (Lipinski definition) is 1. The van der Waals surface area contributed by atoms with Gasteiger partial charge in [-0.1, -0.05) is 12.1 Å². The number of fused-ring (bicyclic) bond motifs is 1. The lowest BCUT2D eigenvalue weighted by molar-refractivity contribution is 0.397. The summed E-state index contributed by atoms with van der Waals surface area (Å²) in [5.41, 5.74) is 8.67. The predicted molar refractivity (Wildman–Crippen MR) is 80.3 cm³/mol. The van der Waals surface area contributed by atoms with E-state index in [9.17, 15) is 0 Å². The maximum absolute atomic E-state index is 5.54. The zero-order valence-corrected chi connectivity index (χ0v) is 11.7. The molecule has 0 aliphatic rings. The molecular weight excluding hydrogens is 268 g/mol. The second-order valence-electron chi connectivity index (χ2n) is 4.41. The van der Waals surface area contributed by atoms with E-state index in [4.69, 9.17) is 15.2 Å². The van der Waals surface area contributed by atoms with Gasteiger partial charge in [-0.15, -0.1) is 10.2 Å². The van der Waals surface area contributed by atoms with E-state index in [-0.39, 0.29) is 5.95 Å². The highest BCUT2D eigenvalue weighted by Crippen LogP contribution is 2.38. The Morgan fingerprint density at radius 1 is 0.905 bits per heavy atom. The Hall–Kier alpha value is -2.89. The lowest BCUT2D eigenvalue weighted by Gasteiger charge is -2.13. The normalized spacial score (nSPS) is 10.6. The number of hydrogen-bond acceptors (Lipinski definition) is 6. The monoisotopic (exact) mass is 282 g/mol. The van der Waals surface area contributed by atoms with Gasteiger partial charge in [-0.3, -0.25) is 0 Å². The Bertz CT molecular complexity index is 783. The van der Waals surface area contributed by atoms with Crippen molar-refractivity contribution in [2.75, 3.05) is 20.0 Å². The van der Waals surface area contributed by atoms with Crippen molar-refractivity contribution in [1.82, 2.24) is 15.2 Å². The largest absolute Gasteiger partial charge is 0.496 e. The van der Waals surface area contributed by atoms with Crippen LogP contribution >= 0.6 is 0 Å². The first-order valence-corrected chi connectivity index (χ1v) is 6.34. The molecule has 1 heterocycles. The van der Waals surface area contributed by atoms with Crippen LogP contribution in [0.4, 0.5) is 5.95 Å². The van der Waals surface area contributed by atoms with Crippen LogP contribution in [0.2, 0.25) is 0 Å². The third-order valence-corrected chi connectivity index (χ3v) is 3.19. The Balaban J connectivity index is 2.23. The number of nitrogen functional groups attached to an aromatic ring is 1. The second-order valence-corrected chi connectivity index (χ2v) is 4.41. The summed E-state index contributed by atoms with van der Waals surface area (Å²) in [6.07, 6.45) is 0. The molecule has 0 spiro atoms. The maximum Gasteiger partial charge on any atom is 0.240 e. The Kier molecular flexibility index (Phi) is 3.27. The average molecular weight is 282 g/mol. The molecule has 0 atom stereocenters. The molecular formula is C15H14N4O2. The number of nitrogens with zero attached hydrogens (tertiary/aromatic N) is 3. The quantitative estimate of drug-likeness (QED) is 0.793. The summed E-state index contributed by atoms with van der Waals surface area (Å²) in [6, 6.07) is 11.3. The third kappa shape index (κ3) is 2.31. The number of anilines is 1. The molecule has 0 amide bonds. The molecule has 0 unspecified atom stereocenters. The molecule has 3 rings (SSSR count). The van der Waals surface area contributed by atoms with Crippen LogP contribution in [0.15, 0.2) is 36.4 Å². The molecule has 0 aliphatic heterocycles. The molecule has 0 saturated heterocycles. The second kappa shape index (κ2) is 5.24. The van der Waals surface area contributed by atoms with Gasteiger partial charge in [-0.2, -0.15) is 0 Å². The zero-order valence-electron chi connectivity index (χ0n) is 11.7. The van der Waals surface area contributed by atoms with E-state index < -0.39 is 0 Å². The Morgan fingerprint density at radius 3 is 2.29 bits per heavy atom. The van der Waals surface area contributed by atoms with Crippen molar-refractivity contribution in [1.29, 1.82) is 0 Å². The minimum Gasteiger partial charge on any atom is -0.496 e. The van der Waals surface area contributed by atoms with Gasteiger partial charge in [-0.05, 0) is 29.8 Å². The fourth-order valence-corrected chi connectivity index (χ4v) is 2.24. The first-order chi connectivity index (χ1) is 10.2. The molecule has 6 heteroatoms. The summed E-state index contributed by atoms with van der Waals surface area (Å²) in [7, 11) is 3.25. The van der Waals surface area contributed by atoms with Gasteiger partial charge in [0.2, 0.25) is 5.95 Å². The summed E-state index contributed by atoms with van der Waals surface area (Å²) in [5, 5.41) is 7.84. The van der Waals surface area contributed by atoms with Crippen LogP contribution in [0.3, 0.4) is 0 Å². The minimum atomic E-state index is 0.158. The van der Waals surface area contributed by atoms with Crippen LogP contribution in [0.1, 0.15) is 0 Å². The molecule has 0 radical (unpaired) electrons. The first kappa shape index (κ1) is 13.1. The fourth-order valence-electron chi connectivity index (χ4n) is 2.24. The van der Waals surface area contributed by atoms with Gasteiger partial charge in [0.15, 0.2) is 0 Å². The highest BCUT2D eigenvalue weighted by atomic mass is 16.5. The third-order valence-electron chi connectivity index (χ3n) is 3.19. The average Bonchev–Trinajstić information content (AvgIpc) is 2.53. The fraction of sp³-hybridized carbons (Fsp3) is 0.133. The van der Waals surface area contributed by atoms with Crippen LogP contribution < -0.4 is 15.2 Å². The maximum atomic E-state index is 5.54. The van der Waals surface area contributed by atoms with Crippen LogP contribution in [-0.4, -0.2) is 29.4 Å². The summed E-state index contributed by atoms with van der Waals surface area (Å²) in [5.74, 6) is 1.61. The van der Waals surface area contributed by atoms with Gasteiger partial charge in [0.25, 0.3) is 0 Å². The topological polar surface area (TPSA) is 83.2 Å². The molecule has 21 heavy (non-hydrogen) atoms. The Morgan fingerprint density at radius 2 is 1.62 bits per heavy atom. The van der Waals surface area contributed by atoms with E-state index in [1.807, 2.05) is 36.4 Å². The molecule has 0 aliphatic carbocycles. The molecule has 2 N–H and O–H groups in total. The van der Waals surface area contributed by atoms with Crippen molar-refractivity contribution in [2.45, 2.75) is 0 Å². The lowest BCUT2D eigenvalue weighted by atomic mass is 10.0. The first-order valence-electron chi connectivity index (χ1n) is 6.34. The van der Waals surface area contributed by atoms with Gasteiger partial charge in [0.1, 0.15) is 17.0 Å². The van der Waals surface area contributed by atoms with Crippen LogP contribution in [0.5, 0.6) is 11.5 Å². The highest BCUT2D eigenvalue weighted by Gasteiger charge is 2.13. The zero-order chi connectivity index (χ0) is 14.8. The lowest BCUT2D eigenvalue weighted by Crippen LogP contribution is -1.98.